The van der Waals surface area contributed by atoms with E-state index in [4.69, 9.17) is 25.4 Å². The first kappa shape index (κ1) is 39.1. The quantitative estimate of drug-likeness (QED) is 0.105. The molecule has 3 amide bonds. The summed E-state index contributed by atoms with van der Waals surface area (Å²) < 4.78 is 19.8. The van der Waals surface area contributed by atoms with Crippen molar-refractivity contribution in [3.05, 3.63) is 35.4 Å². The van der Waals surface area contributed by atoms with Gasteiger partial charge in [0.05, 0.1) is 26.4 Å². The van der Waals surface area contributed by atoms with Gasteiger partial charge in [0.2, 0.25) is 11.8 Å². The van der Waals surface area contributed by atoms with Crippen LogP contribution in [0, 0.1) is 12.3 Å². The second-order valence-corrected chi connectivity index (χ2v) is 9.66. The molecule has 0 saturated heterocycles. The van der Waals surface area contributed by atoms with Crippen molar-refractivity contribution in [2.75, 3.05) is 26.4 Å². The highest BCUT2D eigenvalue weighted by atomic mass is 16.5. The predicted octanol–water partition coefficient (Wildman–Crippen LogP) is 1.33. The van der Waals surface area contributed by atoms with Gasteiger partial charge in [-0.25, -0.2) is 9.59 Å². The number of amides is 3. The van der Waals surface area contributed by atoms with Crippen molar-refractivity contribution in [3.8, 4) is 12.3 Å². The third-order valence-corrected chi connectivity index (χ3v) is 6.27. The summed E-state index contributed by atoms with van der Waals surface area (Å²) in [6, 6.07) is 2.23. The molecule has 0 unspecified atom stereocenters. The minimum Gasteiger partial charge on any atom is -0.466 e. The topological polar surface area (TPSA) is 192 Å². The zero-order valence-electron chi connectivity index (χ0n) is 26.7. The number of hydrogen-bond acceptors (Lipinski definition) is 11. The van der Waals surface area contributed by atoms with E-state index in [0.29, 0.717) is 5.56 Å². The Labute approximate surface area is 268 Å². The van der Waals surface area contributed by atoms with Crippen molar-refractivity contribution in [2.45, 2.75) is 84.3 Å². The van der Waals surface area contributed by atoms with E-state index in [1.165, 1.54) is 24.3 Å². The van der Waals surface area contributed by atoms with Crippen LogP contribution in [0.15, 0.2) is 24.3 Å². The van der Waals surface area contributed by atoms with E-state index in [2.05, 4.69) is 21.9 Å². The molecule has 14 heteroatoms. The van der Waals surface area contributed by atoms with Gasteiger partial charge in [-0.3, -0.25) is 24.0 Å². The molecule has 0 bridgehead atoms. The van der Waals surface area contributed by atoms with Gasteiger partial charge >= 0.3 is 23.9 Å². The summed E-state index contributed by atoms with van der Waals surface area (Å²) in [6.07, 6.45) is 4.19. The third-order valence-electron chi connectivity index (χ3n) is 6.27. The van der Waals surface area contributed by atoms with Gasteiger partial charge in [0.15, 0.2) is 0 Å². The minimum absolute atomic E-state index is 0.0103. The molecule has 14 nitrogen and oxygen atoms in total. The van der Waals surface area contributed by atoms with Gasteiger partial charge in [-0.05, 0) is 71.2 Å². The van der Waals surface area contributed by atoms with Crippen LogP contribution in [0.4, 0.5) is 0 Å². The van der Waals surface area contributed by atoms with Crippen LogP contribution in [-0.2, 0) is 47.7 Å². The molecule has 0 saturated carbocycles. The Kier molecular flexibility index (Phi) is 18.5. The number of hydrogen-bond donors (Lipinski definition) is 3. The zero-order chi connectivity index (χ0) is 34.5. The van der Waals surface area contributed by atoms with Gasteiger partial charge in [-0.1, -0.05) is 5.92 Å². The normalized spacial score (nSPS) is 12.2. The van der Waals surface area contributed by atoms with Gasteiger partial charge in [0.25, 0.3) is 5.91 Å². The molecular weight excluding hydrogens is 602 g/mol. The lowest BCUT2D eigenvalue weighted by Crippen LogP contribution is -2.52. The van der Waals surface area contributed by atoms with Crippen molar-refractivity contribution in [1.82, 2.24) is 16.0 Å². The molecule has 252 valence electrons. The second kappa shape index (κ2) is 21.7. The lowest BCUT2D eigenvalue weighted by atomic mass is 10.1. The fourth-order valence-corrected chi connectivity index (χ4v) is 4.02. The number of terminal acetylenes is 1. The third kappa shape index (κ3) is 14.7. The summed E-state index contributed by atoms with van der Waals surface area (Å²) in [7, 11) is 0. The number of nitrogens with one attached hydrogen (secondary N) is 3. The summed E-state index contributed by atoms with van der Waals surface area (Å²) in [5.74, 6) is -2.42. The number of carbonyl (C=O) groups excluding carboxylic acids is 7. The maximum absolute atomic E-state index is 13.4. The highest BCUT2D eigenvalue weighted by Crippen LogP contribution is 2.10. The highest BCUT2D eigenvalue weighted by molar-refractivity contribution is 5.98. The van der Waals surface area contributed by atoms with Gasteiger partial charge in [-0.2, -0.15) is 0 Å². The summed E-state index contributed by atoms with van der Waals surface area (Å²) in [4.78, 5) is 88.2. The number of rotatable bonds is 20. The molecule has 0 aliphatic heterocycles. The molecule has 0 fully saturated rings. The van der Waals surface area contributed by atoms with Crippen molar-refractivity contribution in [3.63, 3.8) is 0 Å². The van der Waals surface area contributed by atoms with Gasteiger partial charge in [0.1, 0.15) is 18.1 Å². The van der Waals surface area contributed by atoms with E-state index in [1.807, 2.05) is 0 Å². The van der Waals surface area contributed by atoms with E-state index in [-0.39, 0.29) is 70.5 Å². The Balaban J connectivity index is 3.14. The molecule has 0 aromatic heterocycles. The summed E-state index contributed by atoms with van der Waals surface area (Å²) in [5.41, 5.74) is 0.701. The van der Waals surface area contributed by atoms with Crippen LogP contribution in [0.1, 0.15) is 82.1 Å². The molecule has 1 aromatic carbocycles. The largest absolute Gasteiger partial charge is 0.466 e. The molecule has 0 radical (unpaired) electrons. The Hall–Kier alpha value is -4.93. The van der Waals surface area contributed by atoms with E-state index < -0.39 is 59.7 Å². The molecular formula is C32H43N3O11. The molecule has 0 aliphatic rings. The number of carbonyl (C=O) groups is 7. The molecule has 0 spiro atoms. The summed E-state index contributed by atoms with van der Waals surface area (Å²) in [6.45, 7) is 6.76. The summed E-state index contributed by atoms with van der Waals surface area (Å²) in [5, 5.41) is 7.56. The number of ether oxygens (including phenoxy) is 4. The number of esters is 4. The standard InChI is InChI=1S/C32H43N3O11/c1-6-21-11-13-22(14-12-21)29(39)34-23(30(40)35-25(32(42)46-10-5)17-20-28(38)44-8-3)15-18-26(36)33-24(31(41)45-9-4)16-19-27(37)43-7-2/h1,11-14,23-25H,7-10,15-20H2,2-5H3,(H,33,36)(H,34,39)(H,35,40)/t23-,24-,25-/m0/s1. The smallest absolute Gasteiger partial charge is 0.328 e. The van der Waals surface area contributed by atoms with Crippen molar-refractivity contribution in [1.29, 1.82) is 0 Å². The second-order valence-electron chi connectivity index (χ2n) is 9.66. The maximum Gasteiger partial charge on any atom is 0.328 e. The molecule has 1 aromatic rings. The lowest BCUT2D eigenvalue weighted by Gasteiger charge is -2.23. The van der Waals surface area contributed by atoms with Crippen LogP contribution >= 0.6 is 0 Å². The van der Waals surface area contributed by atoms with Gasteiger partial charge in [-0.15, -0.1) is 6.42 Å². The van der Waals surface area contributed by atoms with Crippen LogP contribution in [0.3, 0.4) is 0 Å². The first-order chi connectivity index (χ1) is 22.0. The van der Waals surface area contributed by atoms with Crippen LogP contribution in [-0.4, -0.2) is 86.2 Å². The maximum atomic E-state index is 13.4. The van der Waals surface area contributed by atoms with E-state index in [0.717, 1.165) is 0 Å². The Bertz CT molecular complexity index is 1240. The van der Waals surface area contributed by atoms with Crippen LogP contribution in [0.2, 0.25) is 0 Å². The molecule has 0 heterocycles. The van der Waals surface area contributed by atoms with E-state index in [9.17, 15) is 33.6 Å². The zero-order valence-corrected chi connectivity index (χ0v) is 26.7. The van der Waals surface area contributed by atoms with E-state index >= 15 is 0 Å². The molecule has 1 rings (SSSR count). The fourth-order valence-electron chi connectivity index (χ4n) is 4.02. The van der Waals surface area contributed by atoms with E-state index in [1.54, 1.807) is 27.7 Å². The Morgan fingerprint density at radius 2 is 1.09 bits per heavy atom. The molecule has 3 atom stereocenters. The molecule has 3 N–H and O–H groups in total. The van der Waals surface area contributed by atoms with Gasteiger partial charge in [0, 0.05) is 30.4 Å². The van der Waals surface area contributed by atoms with Crippen molar-refractivity contribution >= 4 is 41.6 Å². The Morgan fingerprint density at radius 3 is 1.54 bits per heavy atom. The van der Waals surface area contributed by atoms with Crippen LogP contribution in [0.5, 0.6) is 0 Å². The van der Waals surface area contributed by atoms with Crippen LogP contribution < -0.4 is 16.0 Å². The SMILES string of the molecule is C#Cc1ccc(C(=O)N[C@@H](CCC(=O)N[C@@H](CCC(=O)OCC)C(=O)OCC)C(=O)N[C@@H](CCC(=O)OCC)C(=O)OCC)cc1. The predicted molar refractivity (Wildman–Crippen MR) is 164 cm³/mol. The average molecular weight is 646 g/mol. The lowest BCUT2D eigenvalue weighted by molar-refractivity contribution is -0.149. The Morgan fingerprint density at radius 1 is 0.630 bits per heavy atom. The molecule has 46 heavy (non-hydrogen) atoms. The fraction of sp³-hybridized carbons (Fsp3) is 0.531. The first-order valence-corrected chi connectivity index (χ1v) is 15.1. The average Bonchev–Trinajstić information content (AvgIpc) is 3.03. The number of benzene rings is 1. The first-order valence-electron chi connectivity index (χ1n) is 15.1. The summed E-state index contributed by atoms with van der Waals surface area (Å²) >= 11 is 0. The minimum atomic E-state index is -1.34. The van der Waals surface area contributed by atoms with Crippen molar-refractivity contribution < 1.29 is 52.5 Å². The highest BCUT2D eigenvalue weighted by Gasteiger charge is 2.30. The van der Waals surface area contributed by atoms with Gasteiger partial charge < -0.3 is 34.9 Å². The monoisotopic (exact) mass is 645 g/mol. The van der Waals surface area contributed by atoms with Crippen molar-refractivity contribution in [2.24, 2.45) is 0 Å². The van der Waals surface area contributed by atoms with Crippen LogP contribution in [0.25, 0.3) is 0 Å². The molecule has 0 aliphatic carbocycles.